The third-order valence-electron chi connectivity index (χ3n) is 4.08. The molecule has 102 valence electrons. The molecule has 0 amide bonds. The van der Waals surface area contributed by atoms with E-state index in [1.54, 1.807) is 11.8 Å². The first-order valence-electron chi connectivity index (χ1n) is 6.96. The van der Waals surface area contributed by atoms with Crippen LogP contribution in [0.5, 0.6) is 0 Å². The molecule has 2 heteroatoms. The number of rotatable bonds is 3. The molecule has 0 spiro atoms. The van der Waals surface area contributed by atoms with Gasteiger partial charge in [-0.25, -0.2) is 0 Å². The van der Waals surface area contributed by atoms with Crippen molar-refractivity contribution in [3.63, 3.8) is 0 Å². The molecule has 0 aliphatic carbocycles. The zero-order valence-electron chi connectivity index (χ0n) is 11.8. The molecule has 0 bridgehead atoms. The molecule has 2 aromatic carbocycles. The highest BCUT2D eigenvalue weighted by Gasteiger charge is 2.29. The largest absolute Gasteiger partial charge is 0.299 e. The average molecular weight is 282 g/mol. The fourth-order valence-electron chi connectivity index (χ4n) is 2.85. The van der Waals surface area contributed by atoms with Gasteiger partial charge in [0.2, 0.25) is 0 Å². The number of benzene rings is 2. The predicted molar refractivity (Wildman–Crippen MR) is 84.5 cm³/mol. The molecular weight excluding hydrogens is 264 g/mol. The van der Waals surface area contributed by atoms with E-state index in [1.807, 2.05) is 12.1 Å². The van der Waals surface area contributed by atoms with Crippen molar-refractivity contribution in [2.45, 2.75) is 31.1 Å². The van der Waals surface area contributed by atoms with Crippen molar-refractivity contribution in [1.29, 1.82) is 0 Å². The van der Waals surface area contributed by atoms with Gasteiger partial charge >= 0.3 is 0 Å². The lowest BCUT2D eigenvalue weighted by Gasteiger charge is -2.13. The number of hydrogen-bond donors (Lipinski definition) is 0. The normalized spacial score (nSPS) is 17.0. The number of aryl methyl sites for hydroxylation is 2. The van der Waals surface area contributed by atoms with Crippen LogP contribution in [0.2, 0.25) is 0 Å². The number of fused-ring (bicyclic) bond motifs is 1. The zero-order chi connectivity index (χ0) is 14.1. The van der Waals surface area contributed by atoms with Crippen LogP contribution in [0.3, 0.4) is 0 Å². The third kappa shape index (κ3) is 2.40. The first-order valence-corrected chi connectivity index (χ1v) is 7.95. The van der Waals surface area contributed by atoms with Gasteiger partial charge in [-0.2, -0.15) is 0 Å². The SMILES string of the molecule is Cc1cccc(C)c1CC(=O)C1CSc2ccccc21. The van der Waals surface area contributed by atoms with Crippen LogP contribution in [-0.2, 0) is 11.2 Å². The lowest BCUT2D eigenvalue weighted by atomic mass is 9.90. The molecule has 1 nitrogen and oxygen atoms in total. The summed E-state index contributed by atoms with van der Waals surface area (Å²) in [5.41, 5.74) is 4.86. The summed E-state index contributed by atoms with van der Waals surface area (Å²) in [5.74, 6) is 1.30. The van der Waals surface area contributed by atoms with Crippen molar-refractivity contribution in [1.82, 2.24) is 0 Å². The van der Waals surface area contributed by atoms with Gasteiger partial charge in [0.15, 0.2) is 0 Å². The van der Waals surface area contributed by atoms with E-state index >= 15 is 0 Å². The zero-order valence-corrected chi connectivity index (χ0v) is 12.7. The minimum atomic E-state index is 0.0650. The monoisotopic (exact) mass is 282 g/mol. The van der Waals surface area contributed by atoms with Crippen LogP contribution in [0.25, 0.3) is 0 Å². The first kappa shape index (κ1) is 13.4. The van der Waals surface area contributed by atoms with Gasteiger partial charge in [-0.05, 0) is 42.2 Å². The minimum absolute atomic E-state index is 0.0650. The van der Waals surface area contributed by atoms with Crippen molar-refractivity contribution in [2.24, 2.45) is 0 Å². The van der Waals surface area contributed by atoms with E-state index in [0.29, 0.717) is 12.2 Å². The smallest absolute Gasteiger partial charge is 0.145 e. The van der Waals surface area contributed by atoms with Gasteiger partial charge in [0, 0.05) is 17.1 Å². The van der Waals surface area contributed by atoms with Crippen LogP contribution in [-0.4, -0.2) is 11.5 Å². The van der Waals surface area contributed by atoms with Gasteiger partial charge in [-0.1, -0.05) is 36.4 Å². The Labute approximate surface area is 124 Å². The Kier molecular flexibility index (Phi) is 3.66. The Hall–Kier alpha value is -1.54. The summed E-state index contributed by atoms with van der Waals surface area (Å²) in [4.78, 5) is 13.9. The molecule has 1 aliphatic heterocycles. The molecule has 1 aliphatic rings. The number of hydrogen-bond acceptors (Lipinski definition) is 2. The van der Waals surface area contributed by atoms with Crippen LogP contribution < -0.4 is 0 Å². The molecule has 0 N–H and O–H groups in total. The highest BCUT2D eigenvalue weighted by Crippen LogP contribution is 2.40. The maximum absolute atomic E-state index is 12.7. The van der Waals surface area contributed by atoms with Crippen LogP contribution in [0, 0.1) is 13.8 Å². The molecule has 1 atom stereocenters. The summed E-state index contributed by atoms with van der Waals surface area (Å²) in [6.45, 7) is 4.18. The lowest BCUT2D eigenvalue weighted by molar-refractivity contribution is -0.119. The molecule has 1 unspecified atom stereocenters. The second-order valence-corrected chi connectivity index (χ2v) is 6.48. The highest BCUT2D eigenvalue weighted by molar-refractivity contribution is 7.99. The van der Waals surface area contributed by atoms with Crippen molar-refractivity contribution in [3.8, 4) is 0 Å². The fourth-order valence-corrected chi connectivity index (χ4v) is 4.12. The summed E-state index contributed by atoms with van der Waals surface area (Å²) in [7, 11) is 0. The van der Waals surface area contributed by atoms with Crippen LogP contribution in [0.15, 0.2) is 47.4 Å². The number of Topliss-reactive ketones (excluding diaryl/α,β-unsaturated/α-hetero) is 1. The Morgan fingerprint density at radius 3 is 2.55 bits per heavy atom. The maximum Gasteiger partial charge on any atom is 0.145 e. The van der Waals surface area contributed by atoms with Gasteiger partial charge in [-0.3, -0.25) is 4.79 Å². The van der Waals surface area contributed by atoms with E-state index < -0.39 is 0 Å². The van der Waals surface area contributed by atoms with E-state index in [2.05, 4.69) is 44.2 Å². The quantitative estimate of drug-likeness (QED) is 0.834. The van der Waals surface area contributed by atoms with Crippen molar-refractivity contribution in [3.05, 3.63) is 64.7 Å². The van der Waals surface area contributed by atoms with Crippen molar-refractivity contribution in [2.75, 3.05) is 5.75 Å². The summed E-state index contributed by atoms with van der Waals surface area (Å²) >= 11 is 1.80. The molecule has 0 aromatic heterocycles. The fraction of sp³-hybridized carbons (Fsp3) is 0.278. The van der Waals surface area contributed by atoms with E-state index in [1.165, 1.54) is 27.1 Å². The predicted octanol–water partition coefficient (Wildman–Crippen LogP) is 4.30. The molecule has 0 fully saturated rings. The van der Waals surface area contributed by atoms with Crippen molar-refractivity contribution >= 4 is 17.5 Å². The van der Waals surface area contributed by atoms with Crippen LogP contribution in [0.4, 0.5) is 0 Å². The first-order chi connectivity index (χ1) is 9.66. The Morgan fingerprint density at radius 2 is 1.80 bits per heavy atom. The Balaban J connectivity index is 1.85. The molecule has 0 saturated carbocycles. The molecular formula is C18H18OS. The summed E-state index contributed by atoms with van der Waals surface area (Å²) in [5, 5.41) is 0. The van der Waals surface area contributed by atoms with Gasteiger partial charge < -0.3 is 0 Å². The average Bonchev–Trinajstić information content (AvgIpc) is 2.87. The minimum Gasteiger partial charge on any atom is -0.299 e. The molecule has 20 heavy (non-hydrogen) atoms. The van der Waals surface area contributed by atoms with Gasteiger partial charge in [0.1, 0.15) is 5.78 Å². The molecule has 3 rings (SSSR count). The lowest BCUT2D eigenvalue weighted by Crippen LogP contribution is -2.16. The van der Waals surface area contributed by atoms with Crippen LogP contribution >= 0.6 is 11.8 Å². The standard InChI is InChI=1S/C18H18OS/c1-12-6-5-7-13(2)15(12)10-17(19)16-11-20-18-9-4-3-8-14(16)18/h3-9,16H,10-11H2,1-2H3. The number of thioether (sulfide) groups is 1. The molecule has 1 heterocycles. The second kappa shape index (κ2) is 5.45. The van der Waals surface area contributed by atoms with Gasteiger partial charge in [-0.15, -0.1) is 11.8 Å². The van der Waals surface area contributed by atoms with E-state index in [0.717, 1.165) is 5.75 Å². The Morgan fingerprint density at radius 1 is 1.10 bits per heavy atom. The van der Waals surface area contributed by atoms with Crippen molar-refractivity contribution < 1.29 is 4.79 Å². The van der Waals surface area contributed by atoms with Crippen LogP contribution in [0.1, 0.15) is 28.2 Å². The Bertz CT molecular complexity index is 640. The van der Waals surface area contributed by atoms with Gasteiger partial charge in [0.25, 0.3) is 0 Å². The third-order valence-corrected chi connectivity index (χ3v) is 5.27. The number of carbonyl (C=O) groups is 1. The maximum atomic E-state index is 12.7. The summed E-state index contributed by atoms with van der Waals surface area (Å²) in [6.07, 6.45) is 0.554. The second-order valence-electron chi connectivity index (χ2n) is 5.41. The molecule has 0 saturated heterocycles. The molecule has 0 radical (unpaired) electrons. The van der Waals surface area contributed by atoms with E-state index in [9.17, 15) is 4.79 Å². The molecule has 2 aromatic rings. The summed E-state index contributed by atoms with van der Waals surface area (Å²) < 4.78 is 0. The number of ketones is 1. The van der Waals surface area contributed by atoms with E-state index in [-0.39, 0.29) is 5.92 Å². The van der Waals surface area contributed by atoms with Gasteiger partial charge in [0.05, 0.1) is 5.92 Å². The van der Waals surface area contributed by atoms with E-state index in [4.69, 9.17) is 0 Å². The highest BCUT2D eigenvalue weighted by atomic mass is 32.2. The number of carbonyl (C=O) groups excluding carboxylic acids is 1. The topological polar surface area (TPSA) is 17.1 Å². The summed E-state index contributed by atoms with van der Waals surface area (Å²) in [6, 6.07) is 14.5.